The quantitative estimate of drug-likeness (QED) is 0.526. The molecule has 0 heteroatoms. The Kier molecular flexibility index (Phi) is 2.25. The van der Waals surface area contributed by atoms with Gasteiger partial charge in [0.15, 0.2) is 0 Å². The predicted octanol–water partition coefficient (Wildman–Crippen LogP) is 5.33. The molecular weight excluding hydrogens is 276 g/mol. The predicted molar refractivity (Wildman–Crippen MR) is 95.2 cm³/mol. The molecule has 3 aromatic rings. The van der Waals surface area contributed by atoms with E-state index in [9.17, 15) is 0 Å². The first-order chi connectivity index (χ1) is 11.1. The zero-order chi connectivity index (χ0) is 15.8. The van der Waals surface area contributed by atoms with Crippen LogP contribution >= 0.6 is 0 Å². The minimum Gasteiger partial charge on any atom is -0.0619 e. The summed E-state index contributed by atoms with van der Waals surface area (Å²) in [6.07, 6.45) is 0. The molecular formula is C23H20. The topological polar surface area (TPSA) is 0 Å². The molecule has 0 nitrogen and oxygen atoms in total. The van der Waals surface area contributed by atoms with E-state index in [0.29, 0.717) is 0 Å². The van der Waals surface area contributed by atoms with Gasteiger partial charge >= 0.3 is 0 Å². The highest BCUT2D eigenvalue weighted by molar-refractivity contribution is 5.74. The van der Waals surface area contributed by atoms with E-state index in [0.717, 1.165) is 0 Å². The standard InChI is InChI=1S/C23H20/c1-15-12-13-20-21(14-15)23(3)18-10-6-4-8-16(18)22(20,2)17-9-5-7-11-19(17)23/h4-14H,1-3H3. The van der Waals surface area contributed by atoms with Gasteiger partial charge in [-0.15, -0.1) is 0 Å². The number of aryl methyl sites for hydroxylation is 1. The Morgan fingerprint density at radius 3 is 1.39 bits per heavy atom. The summed E-state index contributed by atoms with van der Waals surface area (Å²) in [7, 11) is 0. The first-order valence-electron chi connectivity index (χ1n) is 8.39. The van der Waals surface area contributed by atoms with E-state index >= 15 is 0 Å². The van der Waals surface area contributed by atoms with E-state index in [1.54, 1.807) is 0 Å². The zero-order valence-corrected chi connectivity index (χ0v) is 13.9. The normalized spacial score (nSPS) is 26.4. The zero-order valence-electron chi connectivity index (χ0n) is 13.9. The average molecular weight is 296 g/mol. The van der Waals surface area contributed by atoms with Crippen molar-refractivity contribution in [2.24, 2.45) is 0 Å². The van der Waals surface area contributed by atoms with Crippen molar-refractivity contribution in [2.45, 2.75) is 31.6 Å². The van der Waals surface area contributed by atoms with Crippen LogP contribution in [-0.2, 0) is 10.8 Å². The lowest BCUT2D eigenvalue weighted by Crippen LogP contribution is -2.48. The van der Waals surface area contributed by atoms with Gasteiger partial charge < -0.3 is 0 Å². The first-order valence-corrected chi connectivity index (χ1v) is 8.39. The van der Waals surface area contributed by atoms with Crippen molar-refractivity contribution in [3.63, 3.8) is 0 Å². The molecule has 112 valence electrons. The van der Waals surface area contributed by atoms with Crippen LogP contribution < -0.4 is 0 Å². The smallest absolute Gasteiger partial charge is 0.0432 e. The molecule has 0 aromatic heterocycles. The van der Waals surface area contributed by atoms with Crippen LogP contribution in [0.4, 0.5) is 0 Å². The van der Waals surface area contributed by atoms with Crippen molar-refractivity contribution in [1.29, 1.82) is 0 Å². The van der Waals surface area contributed by atoms with Gasteiger partial charge in [0.2, 0.25) is 0 Å². The Labute approximate surface area is 137 Å². The number of hydrogen-bond acceptors (Lipinski definition) is 0. The molecule has 0 unspecified atom stereocenters. The maximum Gasteiger partial charge on any atom is 0.0432 e. The van der Waals surface area contributed by atoms with E-state index in [-0.39, 0.29) is 10.8 Å². The van der Waals surface area contributed by atoms with E-state index in [1.807, 2.05) is 0 Å². The molecule has 0 radical (unpaired) electrons. The van der Waals surface area contributed by atoms with Crippen LogP contribution in [0.15, 0.2) is 66.7 Å². The van der Waals surface area contributed by atoms with Gasteiger partial charge in [0.1, 0.15) is 0 Å². The maximum absolute atomic E-state index is 2.40. The summed E-state index contributed by atoms with van der Waals surface area (Å²) >= 11 is 0. The summed E-state index contributed by atoms with van der Waals surface area (Å²) in [6, 6.07) is 25.1. The van der Waals surface area contributed by atoms with E-state index < -0.39 is 0 Å². The molecule has 3 aliphatic rings. The molecule has 0 saturated carbocycles. The van der Waals surface area contributed by atoms with Gasteiger partial charge in [0.25, 0.3) is 0 Å². The van der Waals surface area contributed by atoms with Crippen LogP contribution in [0.25, 0.3) is 0 Å². The van der Waals surface area contributed by atoms with Crippen LogP contribution in [0, 0.1) is 6.92 Å². The second-order valence-corrected chi connectivity index (χ2v) is 7.39. The van der Waals surface area contributed by atoms with Gasteiger partial charge in [-0.25, -0.2) is 0 Å². The van der Waals surface area contributed by atoms with E-state index in [1.165, 1.54) is 38.9 Å². The molecule has 0 aliphatic heterocycles. The Balaban J connectivity index is 2.04. The van der Waals surface area contributed by atoms with Gasteiger partial charge in [-0.1, -0.05) is 72.3 Å². The van der Waals surface area contributed by atoms with Crippen molar-refractivity contribution in [3.8, 4) is 0 Å². The summed E-state index contributed by atoms with van der Waals surface area (Å²) in [5.41, 5.74) is 10.1. The van der Waals surface area contributed by atoms with Crippen LogP contribution in [-0.4, -0.2) is 0 Å². The fourth-order valence-electron chi connectivity index (χ4n) is 5.09. The largest absolute Gasteiger partial charge is 0.0619 e. The van der Waals surface area contributed by atoms with E-state index in [2.05, 4.69) is 87.5 Å². The highest BCUT2D eigenvalue weighted by atomic mass is 14.6. The molecule has 0 amide bonds. The van der Waals surface area contributed by atoms with Gasteiger partial charge in [0, 0.05) is 10.8 Å². The molecule has 2 bridgehead atoms. The summed E-state index contributed by atoms with van der Waals surface area (Å²) in [5, 5.41) is 0. The lowest BCUT2D eigenvalue weighted by Gasteiger charge is -2.54. The highest BCUT2D eigenvalue weighted by Crippen LogP contribution is 2.61. The second kappa shape index (κ2) is 3.94. The Bertz CT molecular complexity index is 914. The van der Waals surface area contributed by atoms with Gasteiger partial charge in [-0.05, 0) is 54.2 Å². The first kappa shape index (κ1) is 13.1. The van der Waals surface area contributed by atoms with Crippen LogP contribution in [0.2, 0.25) is 0 Å². The summed E-state index contributed by atoms with van der Waals surface area (Å²) in [5.74, 6) is 0. The molecule has 0 atom stereocenters. The fourth-order valence-corrected chi connectivity index (χ4v) is 5.09. The molecule has 0 fully saturated rings. The van der Waals surface area contributed by atoms with Crippen molar-refractivity contribution in [1.82, 2.24) is 0 Å². The molecule has 23 heavy (non-hydrogen) atoms. The second-order valence-electron chi connectivity index (χ2n) is 7.39. The Morgan fingerprint density at radius 2 is 0.913 bits per heavy atom. The molecule has 3 aliphatic carbocycles. The molecule has 3 aromatic carbocycles. The van der Waals surface area contributed by atoms with Crippen LogP contribution in [0.1, 0.15) is 52.8 Å². The third-order valence-electron chi connectivity index (χ3n) is 6.26. The summed E-state index contributed by atoms with van der Waals surface area (Å²) in [4.78, 5) is 0. The van der Waals surface area contributed by atoms with Crippen molar-refractivity contribution >= 4 is 0 Å². The van der Waals surface area contributed by atoms with Crippen molar-refractivity contribution < 1.29 is 0 Å². The number of rotatable bonds is 0. The molecule has 0 N–H and O–H groups in total. The SMILES string of the molecule is Cc1ccc2c(c1)C1(C)c3ccccc3C2(C)c2ccccc21. The van der Waals surface area contributed by atoms with Gasteiger partial charge in [-0.3, -0.25) is 0 Å². The molecule has 6 rings (SSSR count). The Hall–Kier alpha value is -2.34. The lowest BCUT2D eigenvalue weighted by molar-refractivity contribution is 0.511. The van der Waals surface area contributed by atoms with Crippen molar-refractivity contribution in [3.05, 3.63) is 106 Å². The third-order valence-corrected chi connectivity index (χ3v) is 6.26. The fraction of sp³-hybridized carbons (Fsp3) is 0.217. The number of hydrogen-bond donors (Lipinski definition) is 0. The summed E-state index contributed by atoms with van der Waals surface area (Å²) < 4.78 is 0. The van der Waals surface area contributed by atoms with Crippen molar-refractivity contribution in [2.75, 3.05) is 0 Å². The minimum atomic E-state index is -0.0493. The Morgan fingerprint density at radius 1 is 0.522 bits per heavy atom. The van der Waals surface area contributed by atoms with Crippen LogP contribution in [0.5, 0.6) is 0 Å². The number of benzene rings is 3. The molecule has 0 saturated heterocycles. The molecule has 0 heterocycles. The average Bonchev–Trinajstić information content (AvgIpc) is 2.59. The summed E-state index contributed by atoms with van der Waals surface area (Å²) in [6.45, 7) is 7.01. The minimum absolute atomic E-state index is 0.0476. The highest BCUT2D eigenvalue weighted by Gasteiger charge is 2.54. The van der Waals surface area contributed by atoms with Gasteiger partial charge in [0.05, 0.1) is 0 Å². The van der Waals surface area contributed by atoms with Gasteiger partial charge in [-0.2, -0.15) is 0 Å². The molecule has 0 spiro atoms. The van der Waals surface area contributed by atoms with E-state index in [4.69, 9.17) is 0 Å². The maximum atomic E-state index is 2.40. The third kappa shape index (κ3) is 1.30. The van der Waals surface area contributed by atoms with Crippen LogP contribution in [0.3, 0.4) is 0 Å². The lowest BCUT2D eigenvalue weighted by atomic mass is 9.48. The monoisotopic (exact) mass is 296 g/mol.